The van der Waals surface area contributed by atoms with Crippen LogP contribution in [0.5, 0.6) is 0 Å². The van der Waals surface area contributed by atoms with Crippen molar-refractivity contribution in [2.45, 2.75) is 6.92 Å². The second kappa shape index (κ2) is 9.41. The molecule has 6 heteroatoms. The van der Waals surface area contributed by atoms with Crippen LogP contribution in [-0.4, -0.2) is 11.8 Å². The molecule has 3 rings (SSSR count). The number of amides is 2. The lowest BCUT2D eigenvalue weighted by Gasteiger charge is -2.12. The van der Waals surface area contributed by atoms with Crippen molar-refractivity contribution in [3.05, 3.63) is 105 Å². The van der Waals surface area contributed by atoms with Crippen LogP contribution in [0, 0.1) is 6.92 Å². The number of benzene rings is 3. The Kier molecular flexibility index (Phi) is 6.70. The second-order valence-corrected chi connectivity index (χ2v) is 7.21. The molecule has 0 bridgehead atoms. The minimum Gasteiger partial charge on any atom is -0.321 e. The first-order chi connectivity index (χ1) is 13.9. The maximum atomic E-state index is 12.9. The minimum atomic E-state index is -0.507. The molecule has 3 aromatic carbocycles. The van der Waals surface area contributed by atoms with Gasteiger partial charge in [0.2, 0.25) is 0 Å². The number of carbonyl (C=O) groups is 2. The maximum Gasteiger partial charge on any atom is 0.272 e. The molecule has 0 fully saturated rings. The zero-order valence-electron chi connectivity index (χ0n) is 15.6. The summed E-state index contributed by atoms with van der Waals surface area (Å²) in [7, 11) is 0. The van der Waals surface area contributed by atoms with Gasteiger partial charge in [-0.2, -0.15) is 0 Å². The van der Waals surface area contributed by atoms with Crippen LogP contribution in [0.15, 0.2) is 78.5 Å². The molecule has 0 saturated heterocycles. The lowest BCUT2D eigenvalue weighted by Crippen LogP contribution is -2.31. The molecular formula is C23H18Cl2N2O2. The van der Waals surface area contributed by atoms with Crippen LogP contribution < -0.4 is 10.6 Å². The normalized spacial score (nSPS) is 11.1. The number of hydrogen-bond acceptors (Lipinski definition) is 2. The minimum absolute atomic E-state index is 0.0905. The fraction of sp³-hybridized carbons (Fsp3) is 0.0435. The fourth-order valence-electron chi connectivity index (χ4n) is 2.57. The quantitative estimate of drug-likeness (QED) is 0.515. The molecule has 2 amide bonds. The Bertz CT molecular complexity index is 1060. The van der Waals surface area contributed by atoms with E-state index in [0.29, 0.717) is 10.7 Å². The van der Waals surface area contributed by atoms with Gasteiger partial charge in [0.1, 0.15) is 5.70 Å². The molecular weight excluding hydrogens is 407 g/mol. The average Bonchev–Trinajstić information content (AvgIpc) is 2.70. The summed E-state index contributed by atoms with van der Waals surface area (Å²) in [6.45, 7) is 1.96. The molecule has 0 aromatic heterocycles. The van der Waals surface area contributed by atoms with E-state index in [1.807, 2.05) is 49.4 Å². The van der Waals surface area contributed by atoms with Gasteiger partial charge >= 0.3 is 0 Å². The zero-order valence-corrected chi connectivity index (χ0v) is 17.1. The van der Waals surface area contributed by atoms with Gasteiger partial charge in [0.15, 0.2) is 0 Å². The fourth-order valence-corrected chi connectivity index (χ4v) is 3.07. The Balaban J connectivity index is 1.88. The summed E-state index contributed by atoms with van der Waals surface area (Å²) in [5, 5.41) is 6.07. The Morgan fingerprint density at radius 1 is 0.897 bits per heavy atom. The highest BCUT2D eigenvalue weighted by atomic mass is 35.5. The largest absolute Gasteiger partial charge is 0.321 e. The van der Waals surface area contributed by atoms with Gasteiger partial charge in [-0.15, -0.1) is 0 Å². The number of rotatable bonds is 5. The average molecular weight is 425 g/mol. The molecule has 3 aromatic rings. The van der Waals surface area contributed by atoms with Gasteiger partial charge in [-0.3, -0.25) is 9.59 Å². The highest BCUT2D eigenvalue weighted by Gasteiger charge is 2.17. The molecule has 29 heavy (non-hydrogen) atoms. The monoisotopic (exact) mass is 424 g/mol. The van der Waals surface area contributed by atoms with E-state index in [0.717, 1.165) is 11.1 Å². The first-order valence-corrected chi connectivity index (χ1v) is 9.59. The van der Waals surface area contributed by atoms with E-state index in [-0.39, 0.29) is 16.3 Å². The second-order valence-electron chi connectivity index (χ2n) is 6.37. The van der Waals surface area contributed by atoms with Crippen molar-refractivity contribution >= 4 is 46.8 Å². The van der Waals surface area contributed by atoms with Gasteiger partial charge in [-0.05, 0) is 48.9 Å². The van der Waals surface area contributed by atoms with Gasteiger partial charge in [0.25, 0.3) is 11.8 Å². The highest BCUT2D eigenvalue weighted by Crippen LogP contribution is 2.21. The SMILES string of the molecule is Cc1ccc(NC(=O)/C(=C/c2ccccc2)NC(=O)c2ccc(Cl)cc2Cl)cc1. The summed E-state index contributed by atoms with van der Waals surface area (Å²) in [6, 6.07) is 21.2. The van der Waals surface area contributed by atoms with E-state index < -0.39 is 11.8 Å². The molecule has 0 heterocycles. The smallest absolute Gasteiger partial charge is 0.272 e. The van der Waals surface area contributed by atoms with Crippen LogP contribution in [0.2, 0.25) is 10.0 Å². The Labute approximate surface area is 179 Å². The standard InChI is InChI=1S/C23H18Cl2N2O2/c1-15-7-10-18(11-8-15)26-23(29)21(13-16-5-3-2-4-6-16)27-22(28)19-12-9-17(24)14-20(19)25/h2-14H,1H3,(H,26,29)(H,27,28)/b21-13-. The van der Waals surface area contributed by atoms with Crippen LogP contribution in [-0.2, 0) is 4.79 Å². The molecule has 0 aliphatic rings. The van der Waals surface area contributed by atoms with Crippen LogP contribution in [0.1, 0.15) is 21.5 Å². The van der Waals surface area contributed by atoms with Crippen LogP contribution in [0.4, 0.5) is 5.69 Å². The molecule has 146 valence electrons. The van der Waals surface area contributed by atoms with Crippen molar-refractivity contribution in [1.82, 2.24) is 5.32 Å². The van der Waals surface area contributed by atoms with Crippen LogP contribution in [0.25, 0.3) is 6.08 Å². The highest BCUT2D eigenvalue weighted by molar-refractivity contribution is 6.36. The third-order valence-electron chi connectivity index (χ3n) is 4.09. The molecule has 0 unspecified atom stereocenters. The van der Waals surface area contributed by atoms with Crippen molar-refractivity contribution < 1.29 is 9.59 Å². The van der Waals surface area contributed by atoms with E-state index in [4.69, 9.17) is 23.2 Å². The number of nitrogens with one attached hydrogen (secondary N) is 2. The Morgan fingerprint density at radius 3 is 2.24 bits per heavy atom. The summed E-state index contributed by atoms with van der Waals surface area (Å²) in [5.41, 5.74) is 2.78. The third-order valence-corrected chi connectivity index (χ3v) is 4.64. The number of aryl methyl sites for hydroxylation is 1. The third kappa shape index (κ3) is 5.70. The topological polar surface area (TPSA) is 58.2 Å². The number of halogens is 2. The number of carbonyl (C=O) groups excluding carboxylic acids is 2. The molecule has 0 radical (unpaired) electrons. The van der Waals surface area contributed by atoms with Gasteiger partial charge < -0.3 is 10.6 Å². The lowest BCUT2D eigenvalue weighted by atomic mass is 10.1. The van der Waals surface area contributed by atoms with Crippen molar-refractivity contribution in [2.75, 3.05) is 5.32 Å². The molecule has 0 aliphatic carbocycles. The first kappa shape index (κ1) is 20.6. The summed E-state index contributed by atoms with van der Waals surface area (Å²) in [6.07, 6.45) is 1.60. The summed E-state index contributed by atoms with van der Waals surface area (Å²) < 4.78 is 0. The van der Waals surface area contributed by atoms with E-state index in [1.54, 1.807) is 24.3 Å². The molecule has 0 atom stereocenters. The summed E-state index contributed by atoms with van der Waals surface area (Å²) in [5.74, 6) is -0.955. The van der Waals surface area contributed by atoms with Gasteiger partial charge in [-0.1, -0.05) is 71.2 Å². The predicted molar refractivity (Wildman–Crippen MR) is 118 cm³/mol. The van der Waals surface area contributed by atoms with Crippen molar-refractivity contribution in [3.8, 4) is 0 Å². The first-order valence-electron chi connectivity index (χ1n) is 8.83. The van der Waals surface area contributed by atoms with Gasteiger partial charge in [-0.25, -0.2) is 0 Å². The Hall–Kier alpha value is -3.08. The molecule has 0 spiro atoms. The van der Waals surface area contributed by atoms with Crippen molar-refractivity contribution in [3.63, 3.8) is 0 Å². The molecule has 4 nitrogen and oxygen atoms in total. The summed E-state index contributed by atoms with van der Waals surface area (Å²) >= 11 is 12.0. The van der Waals surface area contributed by atoms with E-state index >= 15 is 0 Å². The Morgan fingerprint density at radius 2 is 1.59 bits per heavy atom. The van der Waals surface area contributed by atoms with Gasteiger partial charge in [0, 0.05) is 10.7 Å². The number of hydrogen-bond donors (Lipinski definition) is 2. The van der Waals surface area contributed by atoms with Crippen molar-refractivity contribution in [2.24, 2.45) is 0 Å². The van der Waals surface area contributed by atoms with Crippen LogP contribution >= 0.6 is 23.2 Å². The lowest BCUT2D eigenvalue weighted by molar-refractivity contribution is -0.113. The summed E-state index contributed by atoms with van der Waals surface area (Å²) in [4.78, 5) is 25.6. The van der Waals surface area contributed by atoms with E-state index in [9.17, 15) is 9.59 Å². The zero-order chi connectivity index (χ0) is 20.8. The molecule has 0 aliphatic heterocycles. The maximum absolute atomic E-state index is 12.9. The molecule has 0 saturated carbocycles. The van der Waals surface area contributed by atoms with Crippen molar-refractivity contribution in [1.29, 1.82) is 0 Å². The van der Waals surface area contributed by atoms with Crippen LogP contribution in [0.3, 0.4) is 0 Å². The van der Waals surface area contributed by atoms with Gasteiger partial charge in [0.05, 0.1) is 10.6 Å². The molecule has 2 N–H and O–H groups in total. The number of anilines is 1. The predicted octanol–water partition coefficient (Wildman–Crippen LogP) is 5.71. The van der Waals surface area contributed by atoms with E-state index in [2.05, 4.69) is 10.6 Å². The van der Waals surface area contributed by atoms with E-state index in [1.165, 1.54) is 12.1 Å².